The van der Waals surface area contributed by atoms with Crippen molar-refractivity contribution in [3.8, 4) is 0 Å². The van der Waals surface area contributed by atoms with Crippen molar-refractivity contribution >= 4 is 21.8 Å². The molecule has 1 fully saturated rings. The molecule has 32 heavy (non-hydrogen) atoms. The van der Waals surface area contributed by atoms with Crippen LogP contribution in [0.15, 0.2) is 47.4 Å². The molecule has 0 aromatic heterocycles. The summed E-state index contributed by atoms with van der Waals surface area (Å²) in [7, 11) is -3.54. The van der Waals surface area contributed by atoms with Crippen LogP contribution in [0.25, 0.3) is 0 Å². The zero-order chi connectivity index (χ0) is 23.1. The Kier molecular flexibility index (Phi) is 8.09. The van der Waals surface area contributed by atoms with Crippen LogP contribution in [0.1, 0.15) is 48.0 Å². The number of aryl methyl sites for hydroxylation is 1. The van der Waals surface area contributed by atoms with Gasteiger partial charge in [-0.05, 0) is 55.2 Å². The molecule has 1 aliphatic heterocycles. The number of hydrogen-bond acceptors (Lipinski definition) is 5. The molecule has 0 atom stereocenters. The topological polar surface area (TPSA) is 80.8 Å². The third-order valence-electron chi connectivity index (χ3n) is 5.34. The number of nitrogens with zero attached hydrogens (tertiary/aromatic N) is 1. The number of benzene rings is 2. The lowest BCUT2D eigenvalue weighted by molar-refractivity contribution is -0.142. The SMILES string of the molecule is O=C(CCc1ccc(S(=O)(=O)N2CCCCCC2)cc1)OCC(=O)c1cc(F)ccc1F. The number of rotatable bonds is 8. The van der Waals surface area contributed by atoms with Crippen LogP contribution in [0.3, 0.4) is 0 Å². The molecule has 172 valence electrons. The Bertz CT molecular complexity index is 1060. The van der Waals surface area contributed by atoms with E-state index < -0.39 is 45.6 Å². The van der Waals surface area contributed by atoms with Crippen molar-refractivity contribution in [1.82, 2.24) is 4.31 Å². The van der Waals surface area contributed by atoms with Gasteiger partial charge >= 0.3 is 5.97 Å². The number of ketones is 1. The number of Topliss-reactive ketones (excluding diaryl/α,β-unsaturated/α-hetero) is 1. The average Bonchev–Trinajstić information content (AvgIpc) is 3.08. The minimum atomic E-state index is -3.54. The van der Waals surface area contributed by atoms with Crippen LogP contribution in [-0.4, -0.2) is 44.2 Å². The second-order valence-electron chi connectivity index (χ2n) is 7.67. The van der Waals surface area contributed by atoms with Gasteiger partial charge in [-0.15, -0.1) is 0 Å². The molecule has 0 saturated carbocycles. The number of sulfonamides is 1. The highest BCUT2D eigenvalue weighted by atomic mass is 32.2. The monoisotopic (exact) mass is 465 g/mol. The second-order valence-corrected chi connectivity index (χ2v) is 9.61. The van der Waals surface area contributed by atoms with E-state index >= 15 is 0 Å². The fourth-order valence-corrected chi connectivity index (χ4v) is 5.03. The quantitative estimate of drug-likeness (QED) is 0.437. The van der Waals surface area contributed by atoms with Gasteiger partial charge < -0.3 is 4.74 Å². The molecular formula is C23H25F2NO5S. The Morgan fingerprint density at radius 1 is 0.938 bits per heavy atom. The maximum absolute atomic E-state index is 13.6. The molecule has 0 radical (unpaired) electrons. The van der Waals surface area contributed by atoms with E-state index in [9.17, 15) is 26.8 Å². The summed E-state index contributed by atoms with van der Waals surface area (Å²) in [5, 5.41) is 0. The maximum atomic E-state index is 13.6. The summed E-state index contributed by atoms with van der Waals surface area (Å²) in [6, 6.07) is 8.82. The second kappa shape index (κ2) is 10.8. The molecule has 9 heteroatoms. The molecule has 0 spiro atoms. The molecule has 0 aliphatic carbocycles. The first-order valence-electron chi connectivity index (χ1n) is 10.5. The Morgan fingerprint density at radius 3 is 2.25 bits per heavy atom. The van der Waals surface area contributed by atoms with Crippen molar-refractivity contribution in [1.29, 1.82) is 0 Å². The molecule has 1 aliphatic rings. The summed E-state index contributed by atoms with van der Waals surface area (Å²) in [5.41, 5.74) is 0.262. The third-order valence-corrected chi connectivity index (χ3v) is 7.25. The Labute approximate surface area is 186 Å². The minimum absolute atomic E-state index is 0.0445. The number of halogens is 2. The van der Waals surface area contributed by atoms with Crippen molar-refractivity contribution in [2.75, 3.05) is 19.7 Å². The number of esters is 1. The fourth-order valence-electron chi connectivity index (χ4n) is 3.51. The first-order valence-corrected chi connectivity index (χ1v) is 11.9. The lowest BCUT2D eigenvalue weighted by Crippen LogP contribution is -2.31. The zero-order valence-corrected chi connectivity index (χ0v) is 18.4. The Morgan fingerprint density at radius 2 is 1.59 bits per heavy atom. The van der Waals surface area contributed by atoms with E-state index in [-0.39, 0.29) is 17.7 Å². The molecule has 6 nitrogen and oxygen atoms in total. The maximum Gasteiger partial charge on any atom is 0.306 e. The van der Waals surface area contributed by atoms with Gasteiger partial charge in [-0.1, -0.05) is 25.0 Å². The number of ether oxygens (including phenoxy) is 1. The summed E-state index contributed by atoms with van der Waals surface area (Å²) in [6.45, 7) is 0.356. The highest BCUT2D eigenvalue weighted by Gasteiger charge is 2.25. The Balaban J connectivity index is 1.51. The lowest BCUT2D eigenvalue weighted by Gasteiger charge is -2.20. The van der Waals surface area contributed by atoms with E-state index in [4.69, 9.17) is 4.74 Å². The third kappa shape index (κ3) is 6.20. The van der Waals surface area contributed by atoms with Gasteiger partial charge in [0.1, 0.15) is 11.6 Å². The van der Waals surface area contributed by atoms with Crippen LogP contribution in [0.5, 0.6) is 0 Å². The summed E-state index contributed by atoms with van der Waals surface area (Å²) >= 11 is 0. The van der Waals surface area contributed by atoms with Crippen molar-refractivity contribution in [2.45, 2.75) is 43.4 Å². The first kappa shape index (κ1) is 24.0. The molecular weight excluding hydrogens is 440 g/mol. The number of carbonyl (C=O) groups excluding carboxylic acids is 2. The van der Waals surface area contributed by atoms with Gasteiger partial charge in [0.05, 0.1) is 10.5 Å². The standard InChI is InChI=1S/C23H25F2NO5S/c24-18-8-11-21(25)20(15-18)22(27)16-31-23(28)12-7-17-5-9-19(10-6-17)32(29,30)26-13-3-1-2-4-14-26/h5-6,8-11,15H,1-4,7,12-14,16H2. The molecule has 0 N–H and O–H groups in total. The van der Waals surface area contributed by atoms with Crippen LogP contribution < -0.4 is 0 Å². The van der Waals surface area contributed by atoms with Crippen LogP contribution in [0.4, 0.5) is 8.78 Å². The van der Waals surface area contributed by atoms with E-state index in [1.54, 1.807) is 12.1 Å². The van der Waals surface area contributed by atoms with E-state index in [0.29, 0.717) is 13.1 Å². The van der Waals surface area contributed by atoms with E-state index in [0.717, 1.165) is 49.4 Å². The smallest absolute Gasteiger partial charge is 0.306 e. The van der Waals surface area contributed by atoms with Gasteiger partial charge in [-0.2, -0.15) is 4.31 Å². The fraction of sp³-hybridized carbons (Fsp3) is 0.391. The van der Waals surface area contributed by atoms with Crippen LogP contribution in [-0.2, 0) is 26.0 Å². The van der Waals surface area contributed by atoms with E-state index in [1.165, 1.54) is 16.4 Å². The Hall–Kier alpha value is -2.65. The normalized spacial score (nSPS) is 15.2. The van der Waals surface area contributed by atoms with Crippen LogP contribution >= 0.6 is 0 Å². The van der Waals surface area contributed by atoms with Gasteiger partial charge in [-0.3, -0.25) is 9.59 Å². The molecule has 3 rings (SSSR count). The predicted octanol–water partition coefficient (Wildman–Crippen LogP) is 3.89. The summed E-state index contributed by atoms with van der Waals surface area (Å²) in [5.74, 6) is -3.15. The van der Waals surface area contributed by atoms with Gasteiger partial charge in [0.2, 0.25) is 15.8 Å². The molecule has 2 aromatic rings. The first-order chi connectivity index (χ1) is 15.3. The number of carbonyl (C=O) groups is 2. The zero-order valence-electron chi connectivity index (χ0n) is 17.6. The van der Waals surface area contributed by atoms with Crippen molar-refractivity contribution in [2.24, 2.45) is 0 Å². The predicted molar refractivity (Wildman–Crippen MR) is 114 cm³/mol. The molecule has 0 bridgehead atoms. The van der Waals surface area contributed by atoms with Crippen molar-refractivity contribution in [3.63, 3.8) is 0 Å². The van der Waals surface area contributed by atoms with Crippen LogP contribution in [0, 0.1) is 11.6 Å². The largest absolute Gasteiger partial charge is 0.457 e. The average molecular weight is 466 g/mol. The highest BCUT2D eigenvalue weighted by Crippen LogP contribution is 2.21. The summed E-state index contributed by atoms with van der Waals surface area (Å²) in [4.78, 5) is 24.1. The van der Waals surface area contributed by atoms with Crippen molar-refractivity contribution in [3.05, 3.63) is 65.2 Å². The van der Waals surface area contributed by atoms with Crippen molar-refractivity contribution < 1.29 is 31.5 Å². The molecule has 1 heterocycles. The molecule has 1 saturated heterocycles. The highest BCUT2D eigenvalue weighted by molar-refractivity contribution is 7.89. The minimum Gasteiger partial charge on any atom is -0.457 e. The molecule has 0 unspecified atom stereocenters. The van der Waals surface area contributed by atoms with Crippen LogP contribution in [0.2, 0.25) is 0 Å². The van der Waals surface area contributed by atoms with E-state index in [1.807, 2.05) is 0 Å². The van der Waals surface area contributed by atoms with Gasteiger partial charge in [-0.25, -0.2) is 17.2 Å². The summed E-state index contributed by atoms with van der Waals surface area (Å²) < 4.78 is 58.7. The summed E-state index contributed by atoms with van der Waals surface area (Å²) in [6.07, 6.45) is 4.01. The van der Waals surface area contributed by atoms with Gasteiger partial charge in [0, 0.05) is 19.5 Å². The molecule has 0 amide bonds. The lowest BCUT2D eigenvalue weighted by atomic mass is 10.1. The van der Waals surface area contributed by atoms with E-state index in [2.05, 4.69) is 0 Å². The van der Waals surface area contributed by atoms with Gasteiger partial charge in [0.25, 0.3) is 0 Å². The molecule has 2 aromatic carbocycles. The number of hydrogen-bond donors (Lipinski definition) is 0. The van der Waals surface area contributed by atoms with Gasteiger partial charge in [0.15, 0.2) is 6.61 Å².